The monoisotopic (exact) mass is 459 g/mol. The number of nitrogen functional groups attached to an aromatic ring is 1. The number of nitriles is 1. The summed E-state index contributed by atoms with van der Waals surface area (Å²) in [5.41, 5.74) is 7.60. The summed E-state index contributed by atoms with van der Waals surface area (Å²) in [4.78, 5) is 33.9. The van der Waals surface area contributed by atoms with Crippen LogP contribution in [-0.2, 0) is 6.54 Å². The summed E-state index contributed by atoms with van der Waals surface area (Å²) in [6, 6.07) is 13.2. The van der Waals surface area contributed by atoms with Gasteiger partial charge in [-0.15, -0.1) is 0 Å². The summed E-state index contributed by atoms with van der Waals surface area (Å²) in [5.74, 6) is 0.319. The highest BCUT2D eigenvalue weighted by molar-refractivity contribution is 5.82. The number of benzene rings is 2. The maximum Gasteiger partial charge on any atom is 0.261 e. The minimum Gasteiger partial charge on any atom is -0.399 e. The van der Waals surface area contributed by atoms with Crippen molar-refractivity contribution in [2.24, 2.45) is 0 Å². The zero-order chi connectivity index (χ0) is 24.5. The number of nitrogens with zero attached hydrogens (tertiary/aromatic N) is 5. The number of nitrogens with two attached hydrogens (primary N) is 1. The van der Waals surface area contributed by atoms with Gasteiger partial charge >= 0.3 is 0 Å². The third-order valence-corrected chi connectivity index (χ3v) is 4.39. The number of halogens is 1. The third-order valence-electron chi connectivity index (χ3n) is 4.39. The van der Waals surface area contributed by atoms with Crippen LogP contribution in [-0.4, -0.2) is 29.9 Å². The number of aromatic nitrogens is 6. The average Bonchev–Trinajstić information content (AvgIpc) is 3.34. The number of aromatic amines is 2. The molecule has 10 nitrogen and oxygen atoms in total. The SMILES string of the molecule is CC.N#Cc1cccc(N)c1.O=c1[nH]c(CNc2ncnc3nc[nH]c23)nc2cccc(F)c12. The highest BCUT2D eigenvalue weighted by Crippen LogP contribution is 2.15. The molecule has 0 aliphatic rings. The molecular formula is C23H22FN9O. The summed E-state index contributed by atoms with van der Waals surface area (Å²) < 4.78 is 13.7. The van der Waals surface area contributed by atoms with Gasteiger partial charge in [0.25, 0.3) is 5.56 Å². The van der Waals surface area contributed by atoms with E-state index < -0.39 is 11.4 Å². The quantitative estimate of drug-likeness (QED) is 0.298. The summed E-state index contributed by atoms with van der Waals surface area (Å²) in [6.07, 6.45) is 2.90. The van der Waals surface area contributed by atoms with E-state index in [0.29, 0.717) is 39.6 Å². The molecule has 0 spiro atoms. The molecule has 172 valence electrons. The molecule has 5 N–H and O–H groups in total. The van der Waals surface area contributed by atoms with Crippen molar-refractivity contribution in [3.63, 3.8) is 0 Å². The van der Waals surface area contributed by atoms with Crippen molar-refractivity contribution in [2.45, 2.75) is 20.4 Å². The molecule has 0 bridgehead atoms. The van der Waals surface area contributed by atoms with Crippen LogP contribution in [0.25, 0.3) is 22.1 Å². The summed E-state index contributed by atoms with van der Waals surface area (Å²) in [7, 11) is 0. The number of fused-ring (bicyclic) bond motifs is 2. The van der Waals surface area contributed by atoms with E-state index in [1.54, 1.807) is 30.3 Å². The number of rotatable bonds is 3. The van der Waals surface area contributed by atoms with Crippen LogP contribution < -0.4 is 16.6 Å². The van der Waals surface area contributed by atoms with Crippen LogP contribution >= 0.6 is 0 Å². The Labute approximate surface area is 193 Å². The Morgan fingerprint density at radius 3 is 2.68 bits per heavy atom. The Morgan fingerprint density at radius 2 is 1.94 bits per heavy atom. The lowest BCUT2D eigenvalue weighted by Crippen LogP contribution is -2.16. The Balaban J connectivity index is 0.000000248. The molecule has 0 unspecified atom stereocenters. The fourth-order valence-electron chi connectivity index (χ4n) is 2.96. The molecular weight excluding hydrogens is 437 g/mol. The van der Waals surface area contributed by atoms with Crippen molar-refractivity contribution in [1.82, 2.24) is 29.9 Å². The zero-order valence-electron chi connectivity index (χ0n) is 18.5. The maximum atomic E-state index is 13.7. The van der Waals surface area contributed by atoms with E-state index in [9.17, 15) is 9.18 Å². The molecule has 0 aliphatic carbocycles. The second-order valence-electron chi connectivity index (χ2n) is 6.56. The lowest BCUT2D eigenvalue weighted by molar-refractivity contribution is 0.638. The molecule has 0 amide bonds. The maximum absolute atomic E-state index is 13.7. The minimum atomic E-state index is -0.592. The number of anilines is 2. The summed E-state index contributed by atoms with van der Waals surface area (Å²) >= 11 is 0. The van der Waals surface area contributed by atoms with E-state index in [1.165, 1.54) is 24.8 Å². The number of H-pyrrole nitrogens is 2. The number of hydrogen-bond donors (Lipinski definition) is 4. The third kappa shape index (κ3) is 5.49. The van der Waals surface area contributed by atoms with Crippen LogP contribution in [0.15, 0.2) is 59.9 Å². The van der Waals surface area contributed by atoms with E-state index in [1.807, 2.05) is 19.9 Å². The minimum absolute atomic E-state index is 0.0470. The lowest BCUT2D eigenvalue weighted by Gasteiger charge is -2.06. The van der Waals surface area contributed by atoms with Gasteiger partial charge in [0.05, 0.1) is 30.0 Å². The molecule has 0 saturated heterocycles. The summed E-state index contributed by atoms with van der Waals surface area (Å²) in [5, 5.41) is 11.4. The van der Waals surface area contributed by atoms with Crippen LogP contribution in [0.5, 0.6) is 0 Å². The van der Waals surface area contributed by atoms with Crippen LogP contribution in [0.1, 0.15) is 25.2 Å². The Morgan fingerprint density at radius 1 is 1.15 bits per heavy atom. The molecule has 0 atom stereocenters. The predicted octanol–water partition coefficient (Wildman–Crippen LogP) is 3.51. The molecule has 0 fully saturated rings. The van der Waals surface area contributed by atoms with Crippen LogP contribution in [0.3, 0.4) is 0 Å². The van der Waals surface area contributed by atoms with Gasteiger partial charge < -0.3 is 21.0 Å². The molecule has 34 heavy (non-hydrogen) atoms. The van der Waals surface area contributed by atoms with E-state index in [0.717, 1.165) is 0 Å². The smallest absolute Gasteiger partial charge is 0.261 e. The van der Waals surface area contributed by atoms with E-state index in [2.05, 4.69) is 35.2 Å². The normalized spacial score (nSPS) is 9.94. The second kappa shape index (κ2) is 11.1. The molecule has 0 saturated carbocycles. The predicted molar refractivity (Wildman–Crippen MR) is 128 cm³/mol. The highest BCUT2D eigenvalue weighted by atomic mass is 19.1. The van der Waals surface area contributed by atoms with E-state index in [4.69, 9.17) is 11.0 Å². The van der Waals surface area contributed by atoms with E-state index in [-0.39, 0.29) is 11.9 Å². The van der Waals surface area contributed by atoms with Gasteiger partial charge in [0.2, 0.25) is 0 Å². The molecule has 3 aromatic heterocycles. The molecule has 0 radical (unpaired) electrons. The van der Waals surface area contributed by atoms with Crippen molar-refractivity contribution in [3.8, 4) is 6.07 Å². The molecule has 5 aromatic rings. The topological polar surface area (TPSA) is 162 Å². The van der Waals surface area contributed by atoms with Crippen molar-refractivity contribution in [3.05, 3.63) is 82.7 Å². The van der Waals surface area contributed by atoms with Crippen LogP contribution in [0, 0.1) is 17.1 Å². The van der Waals surface area contributed by atoms with Crippen molar-refractivity contribution in [1.29, 1.82) is 5.26 Å². The number of nitrogens with one attached hydrogen (secondary N) is 3. The first-order chi connectivity index (χ1) is 16.5. The first kappa shape index (κ1) is 23.8. The molecule has 0 aliphatic heterocycles. The van der Waals surface area contributed by atoms with Crippen molar-refractivity contribution in [2.75, 3.05) is 11.1 Å². The van der Waals surface area contributed by atoms with Crippen molar-refractivity contribution < 1.29 is 4.39 Å². The molecule has 3 heterocycles. The molecule has 2 aromatic carbocycles. The number of imidazole rings is 1. The molecule has 5 rings (SSSR count). The lowest BCUT2D eigenvalue weighted by atomic mass is 10.2. The van der Waals surface area contributed by atoms with E-state index >= 15 is 0 Å². The van der Waals surface area contributed by atoms with Gasteiger partial charge in [0.15, 0.2) is 11.5 Å². The van der Waals surface area contributed by atoms with Crippen LogP contribution in [0.4, 0.5) is 15.9 Å². The largest absolute Gasteiger partial charge is 0.399 e. The molecule has 11 heteroatoms. The van der Waals surface area contributed by atoms with Gasteiger partial charge in [-0.3, -0.25) is 4.79 Å². The highest BCUT2D eigenvalue weighted by Gasteiger charge is 2.10. The Hall–Kier alpha value is -4.85. The van der Waals surface area contributed by atoms with Gasteiger partial charge in [-0.1, -0.05) is 26.0 Å². The standard InChI is InChI=1S/C14H10FN7O.C7H6N2.C2H6/c15-7-2-1-3-8-10(7)14(23)22-9(21-8)4-16-12-11-13(18-5-17-11)20-6-19-12;8-5-6-2-1-3-7(9)4-6;1-2/h1-3,5-6H,4H2,(H,21,22,23)(H2,16,17,18,19,20);1-4H,9H2;1-2H3. The van der Waals surface area contributed by atoms with Crippen LogP contribution in [0.2, 0.25) is 0 Å². The van der Waals surface area contributed by atoms with Crippen molar-refractivity contribution >= 4 is 33.6 Å². The average molecular weight is 459 g/mol. The Kier molecular flexibility index (Phi) is 7.80. The first-order valence-corrected chi connectivity index (χ1v) is 10.4. The fraction of sp³-hybridized carbons (Fsp3) is 0.130. The van der Waals surface area contributed by atoms with Gasteiger partial charge in [0, 0.05) is 5.69 Å². The van der Waals surface area contributed by atoms with Gasteiger partial charge in [-0.25, -0.2) is 24.3 Å². The van der Waals surface area contributed by atoms with Gasteiger partial charge in [-0.05, 0) is 30.3 Å². The van der Waals surface area contributed by atoms with Gasteiger partial charge in [-0.2, -0.15) is 5.26 Å². The summed E-state index contributed by atoms with van der Waals surface area (Å²) in [6.45, 7) is 4.22. The van der Waals surface area contributed by atoms with Gasteiger partial charge in [0.1, 0.15) is 28.9 Å². The number of hydrogen-bond acceptors (Lipinski definition) is 8. The zero-order valence-corrected chi connectivity index (χ0v) is 18.5. The Bertz CT molecular complexity index is 1500. The first-order valence-electron chi connectivity index (χ1n) is 10.4. The fourth-order valence-corrected chi connectivity index (χ4v) is 2.96. The second-order valence-corrected chi connectivity index (χ2v) is 6.56.